The molecular formula is C69H63Cl5F3N27O6S2. The van der Waals surface area contributed by atoms with E-state index >= 15 is 0 Å². The van der Waals surface area contributed by atoms with Crippen molar-refractivity contribution >= 4 is 165 Å². The van der Waals surface area contributed by atoms with Gasteiger partial charge < -0.3 is 79.3 Å². The van der Waals surface area contributed by atoms with Gasteiger partial charge in [0.05, 0.1) is 68.5 Å². The first kappa shape index (κ1) is 78.5. The SMILES string of the molecule is CC#CCCOc1nc2nc(Cl)nc(NCc3nccs3)c2[nH]1.CC#CCOc1nc2nc(Cl)nc(NCc3ccco3)c2[nH]1.Clc1nc(NCc2ccco2)c2[nH]c(OCCC3CC3)nc2n1.FC1(F)CC(COc2nc3nc(Cl)nc(NCc4cscn4)c3[nH]2)C1.Fc1cc(CNc2nc(Cl)nc3[nH]ccc23)ccn1. The van der Waals surface area contributed by atoms with Gasteiger partial charge in [-0.15, -0.1) is 40.4 Å². The fraction of sp³-hybridized carbons (Fsp3) is 0.290. The molecule has 2 fully saturated rings. The van der Waals surface area contributed by atoms with E-state index in [0.29, 0.717) is 150 Å². The second-order valence-corrected chi connectivity index (χ2v) is 27.4. The fourth-order valence-corrected chi connectivity index (χ4v) is 12.4. The zero-order valence-electron chi connectivity index (χ0n) is 58.8. The Balaban J connectivity index is 0.000000123. The molecule has 0 radical (unpaired) electrons. The molecule has 15 aromatic rings. The molecule has 33 nitrogen and oxygen atoms in total. The smallest absolute Gasteiger partial charge is 0.297 e. The Hall–Kier alpha value is -11.7. The van der Waals surface area contributed by atoms with Crippen molar-refractivity contribution in [2.45, 2.75) is 91.0 Å². The maximum absolute atomic E-state index is 13.0. The highest BCUT2D eigenvalue weighted by Crippen LogP contribution is 2.42. The van der Waals surface area contributed by atoms with Gasteiger partial charge in [-0.1, -0.05) is 18.8 Å². The molecule has 2 saturated carbocycles. The van der Waals surface area contributed by atoms with E-state index in [-0.39, 0.29) is 64.4 Å². The van der Waals surface area contributed by atoms with Crippen molar-refractivity contribution in [2.24, 2.45) is 11.8 Å². The quantitative estimate of drug-likeness (QED) is 0.00989. The van der Waals surface area contributed by atoms with E-state index < -0.39 is 11.9 Å². The predicted octanol–water partition coefficient (Wildman–Crippen LogP) is 15.1. The molecule has 112 heavy (non-hydrogen) atoms. The highest BCUT2D eigenvalue weighted by molar-refractivity contribution is 7.09. The third kappa shape index (κ3) is 22.3. The number of nitrogens with one attached hydrogen (secondary N) is 10. The van der Waals surface area contributed by atoms with Crippen LogP contribution in [0, 0.1) is 41.5 Å². The van der Waals surface area contributed by atoms with Gasteiger partial charge in [-0.2, -0.15) is 69.2 Å². The van der Waals surface area contributed by atoms with Crippen LogP contribution in [-0.2, 0) is 32.7 Å². The van der Waals surface area contributed by atoms with Crippen LogP contribution in [0.25, 0.3) is 55.7 Å². The maximum Gasteiger partial charge on any atom is 0.297 e. The summed E-state index contributed by atoms with van der Waals surface area (Å²) in [7, 11) is 0. The number of anilines is 5. The largest absolute Gasteiger partial charge is 0.467 e. The number of hydrogen-bond acceptors (Lipinski definition) is 30. The molecule has 0 unspecified atom stereocenters. The van der Waals surface area contributed by atoms with E-state index in [0.717, 1.165) is 45.5 Å². The average molecular weight is 1660 g/mol. The summed E-state index contributed by atoms with van der Waals surface area (Å²) in [5.74, 6) is 13.2. The number of imidazole rings is 4. The number of aromatic nitrogens is 22. The standard InChI is InChI=1S/C15H16ClN5O2.C14H13ClF2N6OS.C14H13ClN6OS.C14H12ClN5O2.C12H9ClFN5/c16-14-19-12(17-8-10-2-1-6-22-10)11-13(20-14)21-15(18-11)23-7-5-9-3-4-9;15-12-21-10(18-3-8-5-25-6-19-8)9-11(22-12)23-13(20-9)24-4-7-1-14(16,17)2-7;1-2-3-4-6-22-14-18-10-11(17-8-9-16-5-7-23-9)19-13(15)20-12(10)21-14;1-2-3-6-22-14-17-10-11(16-8-9-5-4-7-21-9)18-13(15)19-12(10)20-14;13-12-18-10-8(2-4-16-10)11(19-12)17-6-7-1-3-15-9(14)5-7/h1-2,6,9H,3-5,7-8H2,(H2,17,18,19,20,21);5-7H,1-4H2,(H2,18,20,21,22,23);5,7H,4,6,8H2,1H3,(H2,17,18,19,20,21);4-5,7H,6,8H2,1H3,(H2,16,17,18,19,20);1-5H,6H2,(H2,16,17,18,19). The van der Waals surface area contributed by atoms with Crippen LogP contribution in [0.2, 0.25) is 26.4 Å². The van der Waals surface area contributed by atoms with Crippen LogP contribution in [0.3, 0.4) is 0 Å². The van der Waals surface area contributed by atoms with E-state index in [1.54, 1.807) is 61.7 Å². The van der Waals surface area contributed by atoms with Gasteiger partial charge in [-0.25, -0.2) is 28.7 Å². The minimum Gasteiger partial charge on any atom is -0.467 e. The maximum atomic E-state index is 13.0. The van der Waals surface area contributed by atoms with Gasteiger partial charge in [0.25, 0.3) is 24.0 Å². The number of thiazole rings is 2. The molecule has 0 saturated heterocycles. The van der Waals surface area contributed by atoms with Gasteiger partial charge in [0.2, 0.25) is 38.3 Å². The summed E-state index contributed by atoms with van der Waals surface area (Å²) in [6.07, 6.45) is 12.2. The fourth-order valence-electron chi connectivity index (χ4n) is 10.5. The Morgan fingerprint density at radius 3 is 1.59 bits per heavy atom. The summed E-state index contributed by atoms with van der Waals surface area (Å²) in [6, 6.07) is 13.7. The summed E-state index contributed by atoms with van der Waals surface area (Å²) < 4.78 is 71.3. The zero-order valence-corrected chi connectivity index (χ0v) is 64.2. The molecule has 15 aromatic heterocycles. The molecule has 43 heteroatoms. The molecule has 10 N–H and O–H groups in total. The van der Waals surface area contributed by atoms with Crippen LogP contribution in [0.1, 0.15) is 80.2 Å². The van der Waals surface area contributed by atoms with Crippen molar-refractivity contribution < 1.29 is 41.0 Å². The molecule has 2 aliphatic rings. The van der Waals surface area contributed by atoms with Crippen LogP contribution < -0.4 is 45.5 Å². The van der Waals surface area contributed by atoms with Crippen LogP contribution in [-0.4, -0.2) is 142 Å². The lowest BCUT2D eigenvalue weighted by Gasteiger charge is -2.34. The molecule has 17 rings (SSSR count). The molecule has 0 aromatic carbocycles. The first-order valence-corrected chi connectivity index (χ1v) is 37.7. The summed E-state index contributed by atoms with van der Waals surface area (Å²) in [5.41, 5.74) is 8.18. The lowest BCUT2D eigenvalue weighted by molar-refractivity contribution is -0.119. The van der Waals surface area contributed by atoms with Gasteiger partial charge in [-0.3, -0.25) is 0 Å². The highest BCUT2D eigenvalue weighted by atomic mass is 35.5. The molecule has 0 aliphatic heterocycles. The van der Waals surface area contributed by atoms with Gasteiger partial charge >= 0.3 is 0 Å². The van der Waals surface area contributed by atoms with E-state index in [2.05, 4.69) is 160 Å². The van der Waals surface area contributed by atoms with Crippen LogP contribution in [0.4, 0.5) is 42.3 Å². The van der Waals surface area contributed by atoms with Gasteiger partial charge in [-0.05, 0) is 132 Å². The average Bonchev–Trinajstić information content (AvgIpc) is 1.73. The molecule has 2 aliphatic carbocycles. The summed E-state index contributed by atoms with van der Waals surface area (Å²) >= 11 is 32.7. The predicted molar refractivity (Wildman–Crippen MR) is 417 cm³/mol. The van der Waals surface area contributed by atoms with E-state index in [9.17, 15) is 13.2 Å². The molecule has 0 spiro atoms. The number of nitrogens with zero attached hydrogens (tertiary/aromatic N) is 17. The summed E-state index contributed by atoms with van der Waals surface area (Å²) in [5, 5.41) is 21.9. The number of pyridine rings is 1. The minimum absolute atomic E-state index is 0.0463. The molecule has 578 valence electrons. The lowest BCUT2D eigenvalue weighted by Crippen LogP contribution is -2.38. The molecular weight excluding hydrogens is 1600 g/mol. The molecule has 0 amide bonds. The third-order valence-corrected chi connectivity index (χ3v) is 18.1. The number of hydrogen-bond donors (Lipinski definition) is 10. The number of ether oxygens (including phenoxy) is 4. The first-order valence-electron chi connectivity index (χ1n) is 34.0. The normalized spacial score (nSPS) is 12.7. The Kier molecular flexibility index (Phi) is 26.5. The van der Waals surface area contributed by atoms with E-state index in [1.807, 2.05) is 41.1 Å². The van der Waals surface area contributed by atoms with Crippen LogP contribution >= 0.6 is 80.7 Å². The van der Waals surface area contributed by atoms with Crippen molar-refractivity contribution in [3.8, 4) is 47.7 Å². The Morgan fingerprint density at radius 1 is 0.554 bits per heavy atom. The Bertz CT molecular complexity index is 5710. The third-order valence-electron chi connectivity index (χ3n) is 15.9. The second kappa shape index (κ2) is 37.8. The first-order chi connectivity index (χ1) is 54.5. The van der Waals surface area contributed by atoms with Crippen molar-refractivity contribution in [2.75, 3.05) is 53.0 Å². The molecule has 0 bridgehead atoms. The number of alkyl halides is 2. The minimum atomic E-state index is -2.56. The second-order valence-electron chi connectivity index (χ2n) is 24.0. The van der Waals surface area contributed by atoms with Crippen molar-refractivity contribution in [3.63, 3.8) is 0 Å². The van der Waals surface area contributed by atoms with Gasteiger partial charge in [0.1, 0.15) is 56.7 Å². The number of halogens is 8. The van der Waals surface area contributed by atoms with Crippen molar-refractivity contribution in [1.29, 1.82) is 0 Å². The lowest BCUT2D eigenvalue weighted by atomic mass is 9.82. The highest BCUT2D eigenvalue weighted by Gasteiger charge is 2.45. The number of furan rings is 2. The Labute approximate surface area is 665 Å². The van der Waals surface area contributed by atoms with Crippen molar-refractivity contribution in [1.82, 2.24) is 110 Å². The van der Waals surface area contributed by atoms with Gasteiger partial charge in [0.15, 0.2) is 52.5 Å². The Morgan fingerprint density at radius 2 is 1.08 bits per heavy atom. The summed E-state index contributed by atoms with van der Waals surface area (Å²) in [6.45, 7) is 7.45. The molecule has 15 heterocycles. The van der Waals surface area contributed by atoms with E-state index in [1.165, 1.54) is 36.4 Å². The summed E-state index contributed by atoms with van der Waals surface area (Å²) in [4.78, 5) is 85.2. The van der Waals surface area contributed by atoms with Gasteiger partial charge in [0, 0.05) is 61.1 Å². The topological polar surface area (TPSA) is 421 Å². The number of rotatable bonds is 27. The number of fused-ring (bicyclic) bond motifs is 5. The van der Waals surface area contributed by atoms with Crippen molar-refractivity contribution in [3.05, 3.63) is 150 Å². The van der Waals surface area contributed by atoms with Crippen LogP contribution in [0.5, 0.6) is 24.0 Å². The van der Waals surface area contributed by atoms with E-state index in [4.69, 9.17) is 85.8 Å². The monoisotopic (exact) mass is 1660 g/mol. The zero-order chi connectivity index (χ0) is 77.8. The number of aromatic amines is 5. The van der Waals surface area contributed by atoms with Crippen LogP contribution in [0.15, 0.2) is 98.7 Å². The molecule has 0 atom stereocenters. The number of H-pyrrole nitrogens is 5.